The van der Waals surface area contributed by atoms with E-state index in [1.165, 1.54) is 12.1 Å². The molecule has 0 aromatic heterocycles. The predicted molar refractivity (Wildman–Crippen MR) is 74.1 cm³/mol. The van der Waals surface area contributed by atoms with Gasteiger partial charge in [-0.2, -0.15) is 13.2 Å². The Morgan fingerprint density at radius 1 is 1.38 bits per heavy atom. The van der Waals surface area contributed by atoms with E-state index in [1.54, 1.807) is 0 Å². The number of rotatable bonds is 2. The Bertz CT molecular complexity index is 504. The van der Waals surface area contributed by atoms with Crippen LogP contribution in [0, 0.1) is 0 Å². The van der Waals surface area contributed by atoms with E-state index in [0.29, 0.717) is 0 Å². The van der Waals surface area contributed by atoms with Crippen LogP contribution in [0.25, 0.3) is 0 Å². The molecule has 0 spiro atoms. The third kappa shape index (κ3) is 4.35. The summed E-state index contributed by atoms with van der Waals surface area (Å²) in [6.07, 6.45) is -2.61. The summed E-state index contributed by atoms with van der Waals surface area (Å²) in [7, 11) is 0. The van der Waals surface area contributed by atoms with Crippen LogP contribution in [-0.2, 0) is 6.18 Å². The second kappa shape index (κ2) is 6.34. The molecule has 1 aromatic carbocycles. The number of carbonyl (C=O) groups excluding carboxylic acids is 1. The number of urea groups is 1. The number of nitrogens with one attached hydrogen (secondary N) is 3. The summed E-state index contributed by atoms with van der Waals surface area (Å²) in [5, 5.41) is 8.46. The molecule has 0 radical (unpaired) electrons. The van der Waals surface area contributed by atoms with E-state index in [1.807, 2.05) is 6.92 Å². The van der Waals surface area contributed by atoms with Crippen molar-refractivity contribution in [1.82, 2.24) is 10.6 Å². The van der Waals surface area contributed by atoms with Gasteiger partial charge in [0.1, 0.15) is 0 Å². The Morgan fingerprint density at radius 2 is 2.14 bits per heavy atom. The number of benzene rings is 1. The molecule has 2 atom stereocenters. The maximum Gasteiger partial charge on any atom is 0.416 e. The lowest BCUT2D eigenvalue weighted by molar-refractivity contribution is -0.137. The summed E-state index contributed by atoms with van der Waals surface area (Å²) in [4.78, 5) is 11.9. The first kappa shape index (κ1) is 15.6. The molecule has 7 heteroatoms. The molecule has 2 rings (SSSR count). The van der Waals surface area contributed by atoms with Gasteiger partial charge in [0.25, 0.3) is 0 Å². The number of carbonyl (C=O) groups is 1. The number of amides is 2. The van der Waals surface area contributed by atoms with Gasteiger partial charge < -0.3 is 16.0 Å². The third-order valence-corrected chi connectivity index (χ3v) is 3.53. The van der Waals surface area contributed by atoms with Gasteiger partial charge in [0.2, 0.25) is 0 Å². The number of hydrogen-bond donors (Lipinski definition) is 3. The van der Waals surface area contributed by atoms with Crippen molar-refractivity contribution >= 4 is 11.7 Å². The lowest BCUT2D eigenvalue weighted by Crippen LogP contribution is -2.52. The molecular weight excluding hydrogens is 283 g/mol. The molecule has 21 heavy (non-hydrogen) atoms. The van der Waals surface area contributed by atoms with Crippen LogP contribution in [0.3, 0.4) is 0 Å². The van der Waals surface area contributed by atoms with Gasteiger partial charge in [-0.05, 0) is 44.5 Å². The number of alkyl halides is 3. The number of anilines is 1. The minimum absolute atomic E-state index is 0.0236. The maximum absolute atomic E-state index is 12.6. The van der Waals surface area contributed by atoms with Crippen molar-refractivity contribution in [3.05, 3.63) is 29.8 Å². The first-order valence-electron chi connectivity index (χ1n) is 6.84. The predicted octanol–water partition coefficient (Wildman–Crippen LogP) is 2.97. The zero-order chi connectivity index (χ0) is 15.5. The van der Waals surface area contributed by atoms with Crippen molar-refractivity contribution in [3.8, 4) is 0 Å². The van der Waals surface area contributed by atoms with Crippen LogP contribution in [0.1, 0.15) is 25.3 Å². The SMILES string of the molecule is CC1NCCCC1NC(=O)Nc1cccc(C(F)(F)F)c1. The molecule has 4 nitrogen and oxygen atoms in total. The summed E-state index contributed by atoms with van der Waals surface area (Å²) < 4.78 is 37.8. The molecule has 2 unspecified atom stereocenters. The standard InChI is InChI=1S/C14H18F3N3O/c1-9-12(6-3-7-18-9)20-13(21)19-11-5-2-4-10(8-11)14(15,16)17/h2,4-5,8-9,12,18H,3,6-7H2,1H3,(H2,19,20,21). The molecule has 2 amide bonds. The minimum atomic E-state index is -4.42. The van der Waals surface area contributed by atoms with Gasteiger partial charge in [0, 0.05) is 17.8 Å². The number of halogens is 3. The number of piperidine rings is 1. The van der Waals surface area contributed by atoms with Crippen molar-refractivity contribution < 1.29 is 18.0 Å². The fourth-order valence-corrected chi connectivity index (χ4v) is 2.35. The molecule has 116 valence electrons. The van der Waals surface area contributed by atoms with Gasteiger partial charge in [0.15, 0.2) is 0 Å². The van der Waals surface area contributed by atoms with E-state index in [0.717, 1.165) is 31.5 Å². The molecule has 1 aliphatic rings. The highest BCUT2D eigenvalue weighted by atomic mass is 19.4. The van der Waals surface area contributed by atoms with Crippen LogP contribution < -0.4 is 16.0 Å². The van der Waals surface area contributed by atoms with Crippen LogP contribution in [0.4, 0.5) is 23.7 Å². The van der Waals surface area contributed by atoms with Crippen LogP contribution in [0.2, 0.25) is 0 Å². The molecule has 3 N–H and O–H groups in total. The van der Waals surface area contributed by atoms with E-state index in [2.05, 4.69) is 16.0 Å². The highest BCUT2D eigenvalue weighted by Gasteiger charge is 2.30. The van der Waals surface area contributed by atoms with Gasteiger partial charge >= 0.3 is 12.2 Å². The van der Waals surface area contributed by atoms with Gasteiger partial charge in [-0.25, -0.2) is 4.79 Å². The van der Waals surface area contributed by atoms with Crippen molar-refractivity contribution in [2.24, 2.45) is 0 Å². The topological polar surface area (TPSA) is 53.2 Å². The van der Waals surface area contributed by atoms with E-state index in [-0.39, 0.29) is 17.8 Å². The summed E-state index contributed by atoms with van der Waals surface area (Å²) >= 11 is 0. The normalized spacial score (nSPS) is 22.7. The van der Waals surface area contributed by atoms with Gasteiger partial charge in [0.05, 0.1) is 5.56 Å². The van der Waals surface area contributed by atoms with Crippen molar-refractivity contribution in [2.75, 3.05) is 11.9 Å². The Morgan fingerprint density at radius 3 is 2.81 bits per heavy atom. The highest BCUT2D eigenvalue weighted by Crippen LogP contribution is 2.30. The second-order valence-corrected chi connectivity index (χ2v) is 5.17. The zero-order valence-electron chi connectivity index (χ0n) is 11.6. The Labute approximate surface area is 121 Å². The Kier molecular flexibility index (Phi) is 4.72. The van der Waals surface area contributed by atoms with E-state index >= 15 is 0 Å². The quantitative estimate of drug-likeness (QED) is 0.786. The van der Waals surface area contributed by atoms with Crippen LogP contribution >= 0.6 is 0 Å². The van der Waals surface area contributed by atoms with Crippen LogP contribution in [0.5, 0.6) is 0 Å². The third-order valence-electron chi connectivity index (χ3n) is 3.53. The van der Waals surface area contributed by atoms with Crippen LogP contribution in [0.15, 0.2) is 24.3 Å². The summed E-state index contributed by atoms with van der Waals surface area (Å²) in [6, 6.07) is 4.21. The van der Waals surface area contributed by atoms with Gasteiger partial charge in [-0.15, -0.1) is 0 Å². The van der Waals surface area contributed by atoms with Crippen molar-refractivity contribution in [2.45, 2.75) is 38.0 Å². The summed E-state index contributed by atoms with van der Waals surface area (Å²) in [6.45, 7) is 2.88. The molecule has 1 saturated heterocycles. The molecule has 1 heterocycles. The smallest absolute Gasteiger partial charge is 0.334 e. The second-order valence-electron chi connectivity index (χ2n) is 5.17. The maximum atomic E-state index is 12.6. The zero-order valence-corrected chi connectivity index (χ0v) is 11.6. The first-order chi connectivity index (χ1) is 9.86. The van der Waals surface area contributed by atoms with Gasteiger partial charge in [-0.3, -0.25) is 0 Å². The van der Waals surface area contributed by atoms with E-state index in [4.69, 9.17) is 0 Å². The number of hydrogen-bond acceptors (Lipinski definition) is 2. The lowest BCUT2D eigenvalue weighted by Gasteiger charge is -2.30. The fourth-order valence-electron chi connectivity index (χ4n) is 2.35. The minimum Gasteiger partial charge on any atom is -0.334 e. The van der Waals surface area contributed by atoms with Crippen LogP contribution in [-0.4, -0.2) is 24.7 Å². The largest absolute Gasteiger partial charge is 0.416 e. The average Bonchev–Trinajstić information content (AvgIpc) is 2.41. The van der Waals surface area contributed by atoms with Crippen molar-refractivity contribution in [1.29, 1.82) is 0 Å². The Hall–Kier alpha value is -1.76. The molecule has 0 bridgehead atoms. The van der Waals surface area contributed by atoms with Crippen molar-refractivity contribution in [3.63, 3.8) is 0 Å². The highest BCUT2D eigenvalue weighted by molar-refractivity contribution is 5.89. The lowest BCUT2D eigenvalue weighted by atomic mass is 10.0. The summed E-state index contributed by atoms with van der Waals surface area (Å²) in [5.74, 6) is 0. The average molecular weight is 301 g/mol. The monoisotopic (exact) mass is 301 g/mol. The first-order valence-corrected chi connectivity index (χ1v) is 6.84. The molecule has 1 aliphatic heterocycles. The van der Waals surface area contributed by atoms with E-state index in [9.17, 15) is 18.0 Å². The van der Waals surface area contributed by atoms with Gasteiger partial charge in [-0.1, -0.05) is 6.07 Å². The fraction of sp³-hybridized carbons (Fsp3) is 0.500. The molecule has 0 aliphatic carbocycles. The Balaban J connectivity index is 1.96. The molecule has 1 fully saturated rings. The molecule has 0 saturated carbocycles. The molecular formula is C14H18F3N3O. The van der Waals surface area contributed by atoms with E-state index < -0.39 is 17.8 Å². The molecule has 1 aromatic rings. The summed E-state index contributed by atoms with van der Waals surface area (Å²) in [5.41, 5.74) is -0.660.